The van der Waals surface area contributed by atoms with E-state index in [1.54, 1.807) is 35.4 Å². The van der Waals surface area contributed by atoms with Crippen LogP contribution in [0.2, 0.25) is 0 Å². The van der Waals surface area contributed by atoms with Crippen LogP contribution in [0.3, 0.4) is 0 Å². The lowest BCUT2D eigenvalue weighted by atomic mass is 10.0. The van der Waals surface area contributed by atoms with Crippen LogP contribution in [0.4, 0.5) is 8.78 Å². The Labute approximate surface area is 145 Å². The molecule has 6 nitrogen and oxygen atoms in total. The number of aromatic amines is 1. The van der Waals surface area contributed by atoms with Gasteiger partial charge in [-0.2, -0.15) is 5.10 Å². The zero-order valence-electron chi connectivity index (χ0n) is 13.8. The van der Waals surface area contributed by atoms with Crippen LogP contribution in [0.15, 0.2) is 23.5 Å². The summed E-state index contributed by atoms with van der Waals surface area (Å²) in [4.78, 5) is 7.15. The Balaban J connectivity index is 1.84. The Morgan fingerprint density at radius 2 is 2.20 bits per heavy atom. The Morgan fingerprint density at radius 3 is 2.84 bits per heavy atom. The molecule has 9 heteroatoms. The van der Waals surface area contributed by atoms with Crippen LogP contribution in [-0.2, 0) is 18.0 Å². The molecule has 1 fully saturated rings. The van der Waals surface area contributed by atoms with Crippen molar-refractivity contribution in [2.75, 3.05) is 13.1 Å². The normalized spacial score (nSPS) is 19.8. The number of H-pyrrole nitrogens is 1. The third kappa shape index (κ3) is 2.77. The summed E-state index contributed by atoms with van der Waals surface area (Å²) in [6.07, 6.45) is 0.963. The lowest BCUT2D eigenvalue weighted by Gasteiger charge is -2.11. The molecule has 0 spiro atoms. The van der Waals surface area contributed by atoms with Crippen LogP contribution < -0.4 is 0 Å². The second-order valence-electron chi connectivity index (χ2n) is 6.24. The van der Waals surface area contributed by atoms with Crippen molar-refractivity contribution in [3.05, 3.63) is 29.8 Å². The van der Waals surface area contributed by atoms with E-state index in [1.165, 1.54) is 6.07 Å². The average Bonchev–Trinajstić information content (AvgIpc) is 3.27. The number of aromatic nitrogens is 4. The molecule has 2 unspecified atom stereocenters. The maximum atomic E-state index is 14.4. The van der Waals surface area contributed by atoms with Gasteiger partial charge in [0, 0.05) is 31.1 Å². The van der Waals surface area contributed by atoms with Crippen molar-refractivity contribution < 1.29 is 13.0 Å². The third-order valence-corrected chi connectivity index (χ3v) is 5.77. The monoisotopic (exact) mass is 365 g/mol. The first-order valence-electron chi connectivity index (χ1n) is 7.93. The van der Waals surface area contributed by atoms with Gasteiger partial charge in [0.05, 0.1) is 5.52 Å². The van der Waals surface area contributed by atoms with Crippen LogP contribution in [0.1, 0.15) is 12.0 Å². The second-order valence-corrected chi connectivity index (χ2v) is 7.69. The summed E-state index contributed by atoms with van der Waals surface area (Å²) in [6.45, 7) is 2.32. The fourth-order valence-electron chi connectivity index (χ4n) is 3.18. The summed E-state index contributed by atoms with van der Waals surface area (Å²) < 4.78 is 43.6. The van der Waals surface area contributed by atoms with Gasteiger partial charge in [-0.15, -0.1) is 0 Å². The maximum absolute atomic E-state index is 14.4. The number of benzene rings is 1. The van der Waals surface area contributed by atoms with Gasteiger partial charge >= 0.3 is 0 Å². The molecule has 3 heterocycles. The van der Waals surface area contributed by atoms with E-state index >= 15 is 0 Å². The Bertz CT molecular complexity index is 982. The van der Waals surface area contributed by atoms with E-state index in [0.29, 0.717) is 40.3 Å². The Kier molecular flexibility index (Phi) is 3.92. The van der Waals surface area contributed by atoms with Gasteiger partial charge in [0.1, 0.15) is 34.3 Å². The molecule has 0 radical (unpaired) electrons. The number of halogens is 2. The summed E-state index contributed by atoms with van der Waals surface area (Å²) in [5, 5.41) is 5.22. The minimum Gasteiger partial charge on any atom is -0.344 e. The largest absolute Gasteiger partial charge is 0.344 e. The van der Waals surface area contributed by atoms with Gasteiger partial charge in [0.2, 0.25) is 0 Å². The zero-order valence-corrected chi connectivity index (χ0v) is 14.6. The number of nitrogens with zero attached hydrogens (tertiary/aromatic N) is 4. The van der Waals surface area contributed by atoms with Gasteiger partial charge in [-0.1, -0.05) is 0 Å². The molecule has 2 atom stereocenters. The highest BCUT2D eigenvalue weighted by molar-refractivity contribution is 7.82. The Morgan fingerprint density at radius 1 is 1.40 bits per heavy atom. The van der Waals surface area contributed by atoms with E-state index in [1.807, 2.05) is 0 Å². The molecule has 0 bridgehead atoms. The first-order chi connectivity index (χ1) is 11.9. The molecule has 0 amide bonds. The van der Waals surface area contributed by atoms with E-state index in [4.69, 9.17) is 0 Å². The molecule has 1 aliphatic heterocycles. The minimum atomic E-state index is -1.56. The van der Waals surface area contributed by atoms with Gasteiger partial charge < -0.3 is 4.98 Å². The molecular formula is C16H17F2N5OS. The number of hydrogen-bond acceptors (Lipinski definition) is 3. The van der Waals surface area contributed by atoms with Crippen molar-refractivity contribution in [2.24, 2.45) is 7.05 Å². The van der Waals surface area contributed by atoms with Crippen molar-refractivity contribution in [2.45, 2.75) is 24.5 Å². The topological polar surface area (TPSA) is 66.8 Å². The minimum absolute atomic E-state index is 0.123. The van der Waals surface area contributed by atoms with Gasteiger partial charge in [0.25, 0.3) is 0 Å². The van der Waals surface area contributed by atoms with Crippen LogP contribution in [0.5, 0.6) is 0 Å². The van der Waals surface area contributed by atoms with E-state index in [0.717, 1.165) is 0 Å². The van der Waals surface area contributed by atoms with Gasteiger partial charge in [-0.05, 0) is 31.0 Å². The summed E-state index contributed by atoms with van der Waals surface area (Å²) in [7, 11) is 0.194. The van der Waals surface area contributed by atoms with Crippen LogP contribution in [0.25, 0.3) is 22.3 Å². The predicted molar refractivity (Wildman–Crippen MR) is 90.5 cm³/mol. The zero-order chi connectivity index (χ0) is 17.7. The quantitative estimate of drug-likeness (QED) is 0.775. The summed E-state index contributed by atoms with van der Waals surface area (Å²) in [5.74, 6) is 0.0477. The van der Waals surface area contributed by atoms with Gasteiger partial charge in [-0.3, -0.25) is 4.68 Å². The lowest BCUT2D eigenvalue weighted by Crippen LogP contribution is -2.23. The number of nitrogens with one attached hydrogen (secondary N) is 1. The van der Waals surface area contributed by atoms with Crippen molar-refractivity contribution in [3.63, 3.8) is 0 Å². The number of rotatable bonds is 3. The summed E-state index contributed by atoms with van der Waals surface area (Å²) >= 11 is 0. The van der Waals surface area contributed by atoms with Crippen LogP contribution in [0, 0.1) is 12.7 Å². The molecule has 4 rings (SSSR count). The number of alkyl halides is 1. The molecule has 2 aromatic heterocycles. The smallest absolute Gasteiger partial charge is 0.182 e. The fourth-order valence-corrected chi connectivity index (χ4v) is 4.44. The SMILES string of the molecule is Cc1cc(F)c2[nH]c(S(=O)N3CCC(F)C3)cc2c1-c1ncn(C)n1. The highest BCUT2D eigenvalue weighted by Gasteiger charge is 2.28. The first kappa shape index (κ1) is 16.3. The fraction of sp³-hybridized carbons (Fsp3) is 0.375. The Hall–Kier alpha value is -2.13. The number of hydrogen-bond donors (Lipinski definition) is 1. The van der Waals surface area contributed by atoms with Crippen molar-refractivity contribution in [1.29, 1.82) is 0 Å². The molecule has 1 aliphatic rings. The average molecular weight is 365 g/mol. The number of aryl methyl sites for hydroxylation is 2. The van der Waals surface area contributed by atoms with E-state index in [2.05, 4.69) is 15.1 Å². The maximum Gasteiger partial charge on any atom is 0.182 e. The molecule has 132 valence electrons. The van der Waals surface area contributed by atoms with Gasteiger partial charge in [-0.25, -0.2) is 22.3 Å². The van der Waals surface area contributed by atoms with E-state index < -0.39 is 23.0 Å². The third-order valence-electron chi connectivity index (χ3n) is 4.38. The molecule has 1 saturated heterocycles. The van der Waals surface area contributed by atoms with Crippen molar-refractivity contribution >= 4 is 21.9 Å². The number of fused-ring (bicyclic) bond motifs is 1. The molecule has 0 saturated carbocycles. The molecular weight excluding hydrogens is 348 g/mol. The van der Waals surface area contributed by atoms with E-state index in [-0.39, 0.29) is 12.1 Å². The standard InChI is InChI=1S/C16H17F2N5OS/c1-9-5-12(18)15-11(14(9)16-19-8-22(2)21-16)6-13(20-15)25(24)23-4-3-10(17)7-23/h5-6,8,10,20H,3-4,7H2,1-2H3. The van der Waals surface area contributed by atoms with Crippen molar-refractivity contribution in [1.82, 2.24) is 24.1 Å². The molecule has 3 aromatic rings. The second kappa shape index (κ2) is 5.99. The molecule has 1 aromatic carbocycles. The van der Waals surface area contributed by atoms with Crippen LogP contribution >= 0.6 is 0 Å². The summed E-state index contributed by atoms with van der Waals surface area (Å²) in [5.41, 5.74) is 1.64. The first-order valence-corrected chi connectivity index (χ1v) is 9.03. The molecule has 0 aliphatic carbocycles. The van der Waals surface area contributed by atoms with E-state index in [9.17, 15) is 13.0 Å². The highest BCUT2D eigenvalue weighted by atomic mass is 32.2. The highest BCUT2D eigenvalue weighted by Crippen LogP contribution is 2.33. The van der Waals surface area contributed by atoms with Crippen LogP contribution in [-0.4, -0.2) is 47.5 Å². The van der Waals surface area contributed by atoms with Crippen molar-refractivity contribution in [3.8, 4) is 11.4 Å². The summed E-state index contributed by atoms with van der Waals surface area (Å²) in [6, 6.07) is 3.06. The molecule has 25 heavy (non-hydrogen) atoms. The predicted octanol–water partition coefficient (Wildman–Crippen LogP) is 2.48. The van der Waals surface area contributed by atoms with Gasteiger partial charge in [0.15, 0.2) is 5.82 Å². The molecule has 1 N–H and O–H groups in total. The lowest BCUT2D eigenvalue weighted by molar-refractivity contribution is 0.346.